The van der Waals surface area contributed by atoms with Crippen molar-refractivity contribution < 1.29 is 9.32 Å². The van der Waals surface area contributed by atoms with Crippen LogP contribution in [0.1, 0.15) is 49.1 Å². The number of carbonyl (C=O) groups excluding carboxylic acids is 1. The second-order valence-corrected chi connectivity index (χ2v) is 7.43. The third kappa shape index (κ3) is 3.81. The van der Waals surface area contributed by atoms with Crippen LogP contribution >= 0.6 is 0 Å². The van der Waals surface area contributed by atoms with E-state index in [0.29, 0.717) is 17.8 Å². The fourth-order valence-electron chi connectivity index (χ4n) is 2.90. The third-order valence-corrected chi connectivity index (χ3v) is 4.40. The number of aromatic nitrogens is 3. The molecule has 0 aliphatic carbocycles. The van der Waals surface area contributed by atoms with E-state index < -0.39 is 0 Å². The van der Waals surface area contributed by atoms with Gasteiger partial charge in [0.05, 0.1) is 5.69 Å². The maximum absolute atomic E-state index is 12.6. The molecule has 0 N–H and O–H groups in total. The first kappa shape index (κ1) is 17.4. The van der Waals surface area contributed by atoms with Crippen molar-refractivity contribution >= 4 is 11.7 Å². The Morgan fingerprint density at radius 2 is 2.00 bits per heavy atom. The minimum atomic E-state index is -0.0876. The molecule has 3 rings (SSSR count). The van der Waals surface area contributed by atoms with Crippen LogP contribution in [0.4, 0.5) is 5.82 Å². The highest BCUT2D eigenvalue weighted by Gasteiger charge is 2.24. The molecule has 0 atom stereocenters. The van der Waals surface area contributed by atoms with Crippen molar-refractivity contribution in [3.05, 3.63) is 35.6 Å². The van der Waals surface area contributed by atoms with Crippen LogP contribution in [0.5, 0.6) is 0 Å². The molecule has 7 heteroatoms. The molecule has 1 fully saturated rings. The summed E-state index contributed by atoms with van der Waals surface area (Å²) >= 11 is 0. The van der Waals surface area contributed by atoms with Crippen LogP contribution in [0.25, 0.3) is 0 Å². The monoisotopic (exact) mass is 343 g/mol. The highest BCUT2D eigenvalue weighted by Crippen LogP contribution is 2.21. The Morgan fingerprint density at radius 3 is 2.68 bits per heavy atom. The molecule has 0 spiro atoms. The van der Waals surface area contributed by atoms with Gasteiger partial charge in [-0.15, -0.1) is 0 Å². The minimum Gasteiger partial charge on any atom is -0.364 e. The van der Waals surface area contributed by atoms with Gasteiger partial charge in [-0.05, 0) is 19.4 Å². The molecule has 0 unspecified atom stereocenters. The van der Waals surface area contributed by atoms with Crippen molar-refractivity contribution in [1.82, 2.24) is 20.0 Å². The molecule has 2 aromatic heterocycles. The highest BCUT2D eigenvalue weighted by molar-refractivity contribution is 5.94. The lowest BCUT2D eigenvalue weighted by molar-refractivity contribution is 0.0765. The fraction of sp³-hybridized carbons (Fsp3) is 0.556. The zero-order chi connectivity index (χ0) is 18.0. The van der Waals surface area contributed by atoms with E-state index >= 15 is 0 Å². The average Bonchev–Trinajstić information content (AvgIpc) is 2.85. The summed E-state index contributed by atoms with van der Waals surface area (Å²) in [5.41, 5.74) is 1.09. The summed E-state index contributed by atoms with van der Waals surface area (Å²) < 4.78 is 4.90. The smallest absolute Gasteiger partial charge is 0.259 e. The van der Waals surface area contributed by atoms with Gasteiger partial charge in [0.1, 0.15) is 23.5 Å². The van der Waals surface area contributed by atoms with Gasteiger partial charge >= 0.3 is 0 Å². The molecule has 7 nitrogen and oxygen atoms in total. The molecule has 0 saturated carbocycles. The Morgan fingerprint density at radius 1 is 1.20 bits per heavy atom. The lowest BCUT2D eigenvalue weighted by Gasteiger charge is -2.24. The minimum absolute atomic E-state index is 0.0151. The summed E-state index contributed by atoms with van der Waals surface area (Å²) in [6.07, 6.45) is 4.14. The number of hydrogen-bond acceptors (Lipinski definition) is 6. The van der Waals surface area contributed by atoms with Crippen LogP contribution in [0, 0.1) is 6.92 Å². The van der Waals surface area contributed by atoms with Gasteiger partial charge in [0, 0.05) is 37.8 Å². The predicted octanol–water partition coefficient (Wildman–Crippen LogP) is 2.42. The van der Waals surface area contributed by atoms with Crippen molar-refractivity contribution in [3.63, 3.8) is 0 Å². The van der Waals surface area contributed by atoms with E-state index in [1.807, 2.05) is 17.2 Å². The van der Waals surface area contributed by atoms with Gasteiger partial charge in [-0.2, -0.15) is 0 Å². The molecule has 1 aliphatic rings. The molecule has 1 amide bonds. The largest absolute Gasteiger partial charge is 0.364 e. The fourth-order valence-corrected chi connectivity index (χ4v) is 2.90. The lowest BCUT2D eigenvalue weighted by atomic mass is 9.96. The van der Waals surface area contributed by atoms with Crippen molar-refractivity contribution in [3.8, 4) is 0 Å². The van der Waals surface area contributed by atoms with Crippen LogP contribution in [-0.4, -0.2) is 52.1 Å². The predicted molar refractivity (Wildman–Crippen MR) is 94.7 cm³/mol. The third-order valence-electron chi connectivity index (χ3n) is 4.40. The first-order chi connectivity index (χ1) is 11.9. The van der Waals surface area contributed by atoms with Crippen LogP contribution < -0.4 is 4.90 Å². The van der Waals surface area contributed by atoms with Gasteiger partial charge in [-0.1, -0.05) is 25.9 Å². The van der Waals surface area contributed by atoms with Crippen molar-refractivity contribution in [1.29, 1.82) is 0 Å². The highest BCUT2D eigenvalue weighted by atomic mass is 16.5. The van der Waals surface area contributed by atoms with Gasteiger partial charge in [-0.3, -0.25) is 4.79 Å². The van der Waals surface area contributed by atoms with Crippen LogP contribution in [0.2, 0.25) is 0 Å². The van der Waals surface area contributed by atoms with E-state index in [1.54, 1.807) is 6.92 Å². The maximum Gasteiger partial charge on any atom is 0.259 e. The first-order valence-corrected chi connectivity index (χ1v) is 8.65. The summed E-state index contributed by atoms with van der Waals surface area (Å²) in [6, 6.07) is 1.94. The molecule has 0 bridgehead atoms. The van der Waals surface area contributed by atoms with Crippen molar-refractivity contribution in [2.24, 2.45) is 0 Å². The number of nitrogens with zero attached hydrogens (tertiary/aromatic N) is 5. The van der Waals surface area contributed by atoms with Gasteiger partial charge in [-0.25, -0.2) is 9.97 Å². The molecule has 2 aromatic rings. The zero-order valence-electron chi connectivity index (χ0n) is 15.3. The molecular weight excluding hydrogens is 318 g/mol. The van der Waals surface area contributed by atoms with E-state index in [0.717, 1.165) is 37.7 Å². The zero-order valence-corrected chi connectivity index (χ0v) is 15.3. The van der Waals surface area contributed by atoms with Crippen LogP contribution in [0.15, 0.2) is 23.0 Å². The van der Waals surface area contributed by atoms with E-state index in [4.69, 9.17) is 9.51 Å². The molecule has 3 heterocycles. The summed E-state index contributed by atoms with van der Waals surface area (Å²) in [4.78, 5) is 25.9. The van der Waals surface area contributed by atoms with Gasteiger partial charge < -0.3 is 14.3 Å². The second kappa shape index (κ2) is 6.82. The first-order valence-electron chi connectivity index (χ1n) is 8.65. The summed E-state index contributed by atoms with van der Waals surface area (Å²) in [6.45, 7) is 11.1. The molecule has 1 aliphatic heterocycles. The number of amides is 1. The van der Waals surface area contributed by atoms with E-state index in [1.165, 1.54) is 6.26 Å². The number of carbonyl (C=O) groups is 1. The van der Waals surface area contributed by atoms with Crippen LogP contribution in [0.3, 0.4) is 0 Å². The number of hydrogen-bond donors (Lipinski definition) is 0. The van der Waals surface area contributed by atoms with E-state index in [9.17, 15) is 4.79 Å². The van der Waals surface area contributed by atoms with E-state index in [2.05, 4.69) is 35.8 Å². The lowest BCUT2D eigenvalue weighted by Crippen LogP contribution is -2.35. The molecule has 134 valence electrons. The molecular formula is C18H25N5O2. The quantitative estimate of drug-likeness (QED) is 0.833. The Hall–Kier alpha value is -2.44. The molecule has 1 saturated heterocycles. The van der Waals surface area contributed by atoms with Gasteiger partial charge in [0.25, 0.3) is 5.91 Å². The standard InChI is InChI=1S/C18H25N5O2/c1-13-14(12-25-21-13)16(24)23-9-5-8-22(10-11-23)15-6-7-19-17(20-15)18(2,3)4/h6-7,12H,5,8-11H2,1-4H3. The number of rotatable bonds is 2. The molecule has 0 aromatic carbocycles. The van der Waals surface area contributed by atoms with E-state index in [-0.39, 0.29) is 11.3 Å². The number of anilines is 1. The Bertz CT molecular complexity index is 750. The van der Waals surface area contributed by atoms with Crippen molar-refractivity contribution in [2.75, 3.05) is 31.1 Å². The molecule has 25 heavy (non-hydrogen) atoms. The van der Waals surface area contributed by atoms with Crippen LogP contribution in [-0.2, 0) is 5.41 Å². The topological polar surface area (TPSA) is 75.4 Å². The Kier molecular flexibility index (Phi) is 4.74. The summed E-state index contributed by atoms with van der Waals surface area (Å²) in [7, 11) is 0. The summed E-state index contributed by atoms with van der Waals surface area (Å²) in [5.74, 6) is 1.75. The van der Waals surface area contributed by atoms with Gasteiger partial charge in [0.2, 0.25) is 0 Å². The molecule has 0 radical (unpaired) electrons. The SMILES string of the molecule is Cc1nocc1C(=O)N1CCCN(c2ccnc(C(C)(C)C)n2)CC1. The Labute approximate surface area is 148 Å². The van der Waals surface area contributed by atoms with Gasteiger partial charge in [0.15, 0.2) is 0 Å². The normalized spacial score (nSPS) is 16.0. The Balaban J connectivity index is 1.72. The summed E-state index contributed by atoms with van der Waals surface area (Å²) in [5, 5.41) is 3.80. The number of aryl methyl sites for hydroxylation is 1. The van der Waals surface area contributed by atoms with Crippen molar-refractivity contribution in [2.45, 2.75) is 39.5 Å². The maximum atomic E-state index is 12.6. The average molecular weight is 343 g/mol. The second-order valence-electron chi connectivity index (χ2n) is 7.43.